The van der Waals surface area contributed by atoms with E-state index in [2.05, 4.69) is 97.1 Å². The van der Waals surface area contributed by atoms with Gasteiger partial charge in [0.2, 0.25) is 0 Å². The summed E-state index contributed by atoms with van der Waals surface area (Å²) in [6.45, 7) is 0. The molecule has 0 aromatic heterocycles. The Morgan fingerprint density at radius 2 is 0.788 bits per heavy atom. The molecule has 4 nitrogen and oxygen atoms in total. The van der Waals surface area contributed by atoms with Crippen LogP contribution in [0.3, 0.4) is 0 Å². The molecule has 0 saturated carbocycles. The minimum atomic E-state index is -0.570. The average Bonchev–Trinajstić information content (AvgIpc) is 3.49. The quantitative estimate of drug-likeness (QED) is 0.133. The fourth-order valence-corrected chi connectivity index (χ4v) is 7.74. The first-order valence-corrected chi connectivity index (χ1v) is 17.0. The zero-order chi connectivity index (χ0) is 34.4. The van der Waals surface area contributed by atoms with Crippen LogP contribution in [-0.4, -0.2) is 22.6 Å². The molecule has 244 valence electrons. The van der Waals surface area contributed by atoms with E-state index in [-0.39, 0.29) is 31.0 Å². The Bertz CT molecular complexity index is 2480. The van der Waals surface area contributed by atoms with E-state index in [1.807, 2.05) is 60.7 Å². The number of hydrogen-bond donors (Lipinski definition) is 2. The molecule has 0 spiro atoms. The Morgan fingerprint density at radius 1 is 0.404 bits per heavy atom. The monoisotopic (exact) mass is 720 g/mol. The third-order valence-electron chi connectivity index (χ3n) is 10.1. The number of aliphatic imine (C=N–C) groups is 2. The molecule has 0 heterocycles. The molecule has 0 aliphatic heterocycles. The van der Waals surface area contributed by atoms with Crippen LogP contribution in [0.4, 0.5) is 11.4 Å². The van der Waals surface area contributed by atoms with E-state index in [0.29, 0.717) is 11.1 Å². The normalized spacial score (nSPS) is 13.0. The molecule has 2 N–H and O–H groups in total. The van der Waals surface area contributed by atoms with Gasteiger partial charge in [0.15, 0.2) is 0 Å². The molecule has 1 aliphatic carbocycles. The molecular formula is C47H32N2O2Zn. The summed E-state index contributed by atoms with van der Waals surface area (Å²) >= 11 is 0. The second kappa shape index (κ2) is 13.5. The van der Waals surface area contributed by atoms with Gasteiger partial charge in [-0.15, -0.1) is 0 Å². The Kier molecular flexibility index (Phi) is 8.58. The molecule has 0 radical (unpaired) electrons. The predicted octanol–water partition coefficient (Wildman–Crippen LogP) is 11.3. The summed E-state index contributed by atoms with van der Waals surface area (Å²) in [5.74, 6) is 0.405. The molecule has 0 unspecified atom stereocenters. The molecule has 0 bridgehead atoms. The van der Waals surface area contributed by atoms with E-state index in [1.165, 1.54) is 22.3 Å². The molecule has 0 fully saturated rings. The van der Waals surface area contributed by atoms with Crippen molar-refractivity contribution in [3.8, 4) is 22.6 Å². The maximum Gasteiger partial charge on any atom is 0.124 e. The van der Waals surface area contributed by atoms with Crippen LogP contribution in [-0.2, 0) is 24.9 Å². The second-order valence-electron chi connectivity index (χ2n) is 12.9. The zero-order valence-electron chi connectivity index (χ0n) is 28.3. The van der Waals surface area contributed by atoms with Gasteiger partial charge in [0.05, 0.1) is 16.8 Å². The number of phenols is 2. The van der Waals surface area contributed by atoms with Gasteiger partial charge in [0.1, 0.15) is 11.5 Å². The SMILES string of the molecule is Oc1ccc2ccccc2c1C=Nc1ccc(C2(c3ccc(N=Cc4c(O)ccc5ccccc45)cc3)c3ccccc3-c3ccccc32)cc1.[Zn]. The first kappa shape index (κ1) is 33.0. The van der Waals surface area contributed by atoms with Gasteiger partial charge < -0.3 is 10.2 Å². The first-order valence-electron chi connectivity index (χ1n) is 17.0. The van der Waals surface area contributed by atoms with Crippen molar-refractivity contribution in [2.45, 2.75) is 5.41 Å². The fraction of sp³-hybridized carbons (Fsp3) is 0.0213. The number of benzene rings is 8. The predicted molar refractivity (Wildman–Crippen MR) is 209 cm³/mol. The topological polar surface area (TPSA) is 65.2 Å². The van der Waals surface area contributed by atoms with Crippen molar-refractivity contribution in [2.75, 3.05) is 0 Å². The summed E-state index contributed by atoms with van der Waals surface area (Å²) in [7, 11) is 0. The molecule has 52 heavy (non-hydrogen) atoms. The van der Waals surface area contributed by atoms with E-state index in [0.717, 1.165) is 44.0 Å². The van der Waals surface area contributed by atoms with Gasteiger partial charge in [-0.2, -0.15) is 0 Å². The third kappa shape index (κ3) is 5.42. The van der Waals surface area contributed by atoms with Crippen LogP contribution < -0.4 is 0 Å². The smallest absolute Gasteiger partial charge is 0.124 e. The summed E-state index contributed by atoms with van der Waals surface area (Å²) in [5.41, 5.74) is 9.55. The van der Waals surface area contributed by atoms with Gasteiger partial charge in [-0.3, -0.25) is 9.98 Å². The van der Waals surface area contributed by atoms with Crippen molar-refractivity contribution in [3.05, 3.63) is 203 Å². The van der Waals surface area contributed by atoms with E-state index < -0.39 is 5.41 Å². The summed E-state index contributed by atoms with van der Waals surface area (Å²) in [6.07, 6.45) is 3.50. The Morgan fingerprint density at radius 3 is 1.23 bits per heavy atom. The van der Waals surface area contributed by atoms with Crippen LogP contribution in [0.25, 0.3) is 32.7 Å². The Hall–Kier alpha value is -6.16. The van der Waals surface area contributed by atoms with Gasteiger partial charge in [-0.1, -0.05) is 133 Å². The Balaban J connectivity index is 0.00000387. The third-order valence-corrected chi connectivity index (χ3v) is 10.1. The van der Waals surface area contributed by atoms with Gasteiger partial charge in [-0.05, 0) is 91.3 Å². The largest absolute Gasteiger partial charge is 0.507 e. The molecule has 0 saturated heterocycles. The molecule has 1 aliphatic rings. The minimum Gasteiger partial charge on any atom is -0.507 e. The van der Waals surface area contributed by atoms with Crippen molar-refractivity contribution in [2.24, 2.45) is 9.98 Å². The molecule has 8 aromatic carbocycles. The number of fused-ring (bicyclic) bond motifs is 5. The molecule has 8 aromatic rings. The molecule has 9 rings (SSSR count). The van der Waals surface area contributed by atoms with E-state index in [1.54, 1.807) is 24.6 Å². The number of hydrogen-bond acceptors (Lipinski definition) is 4. The van der Waals surface area contributed by atoms with Crippen LogP contribution >= 0.6 is 0 Å². The summed E-state index contributed by atoms with van der Waals surface area (Å²) in [4.78, 5) is 9.61. The number of nitrogens with zero attached hydrogens (tertiary/aromatic N) is 2. The van der Waals surface area contributed by atoms with Crippen LogP contribution in [0.1, 0.15) is 33.4 Å². The van der Waals surface area contributed by atoms with Gasteiger partial charge in [0, 0.05) is 43.0 Å². The summed E-state index contributed by atoms with van der Waals surface area (Å²) in [6, 6.07) is 57.5. The summed E-state index contributed by atoms with van der Waals surface area (Å²) < 4.78 is 0. The maximum absolute atomic E-state index is 10.7. The molecule has 0 atom stereocenters. The number of phenolic OH excluding ortho intramolecular Hbond substituents is 2. The van der Waals surface area contributed by atoms with Crippen molar-refractivity contribution in [1.82, 2.24) is 0 Å². The standard InChI is InChI=1S/C47H32N2O2.Zn/c50-45-27-17-31-9-1-3-11-37(31)41(45)29-48-35-23-19-33(20-24-35)47(43-15-7-5-13-39(43)40-14-6-8-16-44(40)47)34-21-25-36(26-22-34)49-30-42-38-12-4-2-10-32(38)18-28-46(42)51;/h1-30,50-51H;. The van der Waals surface area contributed by atoms with Crippen LogP contribution in [0.2, 0.25) is 0 Å². The van der Waals surface area contributed by atoms with Crippen molar-refractivity contribution < 1.29 is 29.7 Å². The van der Waals surface area contributed by atoms with E-state index in [4.69, 9.17) is 9.98 Å². The molecule has 5 heteroatoms. The van der Waals surface area contributed by atoms with Crippen LogP contribution in [0.15, 0.2) is 180 Å². The molecule has 0 amide bonds. The fourth-order valence-electron chi connectivity index (χ4n) is 7.74. The van der Waals surface area contributed by atoms with Gasteiger partial charge in [-0.25, -0.2) is 0 Å². The van der Waals surface area contributed by atoms with Crippen molar-refractivity contribution >= 4 is 45.3 Å². The minimum absolute atomic E-state index is 0. The van der Waals surface area contributed by atoms with Crippen molar-refractivity contribution in [1.29, 1.82) is 0 Å². The average molecular weight is 722 g/mol. The van der Waals surface area contributed by atoms with Crippen LogP contribution in [0, 0.1) is 0 Å². The van der Waals surface area contributed by atoms with Gasteiger partial charge in [0.25, 0.3) is 0 Å². The molecular weight excluding hydrogens is 690 g/mol. The number of aromatic hydroxyl groups is 2. The van der Waals surface area contributed by atoms with E-state index >= 15 is 0 Å². The van der Waals surface area contributed by atoms with Crippen molar-refractivity contribution in [3.63, 3.8) is 0 Å². The Labute approximate surface area is 314 Å². The van der Waals surface area contributed by atoms with Crippen LogP contribution in [0.5, 0.6) is 11.5 Å². The van der Waals surface area contributed by atoms with E-state index in [9.17, 15) is 10.2 Å². The van der Waals surface area contributed by atoms with Gasteiger partial charge >= 0.3 is 0 Å². The summed E-state index contributed by atoms with van der Waals surface area (Å²) in [5, 5.41) is 25.4. The zero-order valence-corrected chi connectivity index (χ0v) is 31.3. The second-order valence-corrected chi connectivity index (χ2v) is 12.9. The first-order chi connectivity index (χ1) is 25.1. The maximum atomic E-state index is 10.7. The number of rotatable bonds is 6.